The van der Waals surface area contributed by atoms with Crippen molar-refractivity contribution in [3.05, 3.63) is 63.5 Å². The minimum Gasteiger partial charge on any atom is -0.337 e. The predicted octanol–water partition coefficient (Wildman–Crippen LogP) is 4.23. The van der Waals surface area contributed by atoms with Gasteiger partial charge in [0.2, 0.25) is 0 Å². The van der Waals surface area contributed by atoms with Crippen LogP contribution in [0.1, 0.15) is 11.4 Å². The quantitative estimate of drug-likeness (QED) is 0.542. The highest BCUT2D eigenvalue weighted by Gasteiger charge is 2.08. The van der Waals surface area contributed by atoms with E-state index < -0.39 is 0 Å². The second kappa shape index (κ2) is 5.47. The van der Waals surface area contributed by atoms with Gasteiger partial charge < -0.3 is 4.98 Å². The standard InChI is InChI=1S/C16H10IN3/c17-13-6-2-1-5-11(13)9-12(10-18)16-19-14-7-3-4-8-15(14)20-16/h1-9H,(H,19,20)/b12-9+. The summed E-state index contributed by atoms with van der Waals surface area (Å²) in [7, 11) is 0. The number of hydrogen-bond donors (Lipinski definition) is 1. The lowest BCUT2D eigenvalue weighted by molar-refractivity contribution is 1.27. The average Bonchev–Trinajstić information content (AvgIpc) is 2.90. The molecule has 0 aliphatic heterocycles. The number of fused-ring (bicyclic) bond motifs is 1. The van der Waals surface area contributed by atoms with Crippen molar-refractivity contribution in [3.63, 3.8) is 0 Å². The zero-order chi connectivity index (χ0) is 13.9. The van der Waals surface area contributed by atoms with Crippen LogP contribution in [0.2, 0.25) is 0 Å². The summed E-state index contributed by atoms with van der Waals surface area (Å²) in [6.07, 6.45) is 1.86. The summed E-state index contributed by atoms with van der Waals surface area (Å²) in [5.74, 6) is 0.605. The molecule has 3 rings (SSSR count). The Labute approximate surface area is 130 Å². The van der Waals surface area contributed by atoms with Crippen molar-refractivity contribution < 1.29 is 0 Å². The number of aromatic nitrogens is 2. The van der Waals surface area contributed by atoms with Crippen LogP contribution in [0.5, 0.6) is 0 Å². The lowest BCUT2D eigenvalue weighted by Crippen LogP contribution is -1.86. The molecule has 0 saturated heterocycles. The number of nitrogens with zero attached hydrogens (tertiary/aromatic N) is 2. The van der Waals surface area contributed by atoms with E-state index in [1.165, 1.54) is 0 Å². The largest absolute Gasteiger partial charge is 0.337 e. The summed E-state index contributed by atoms with van der Waals surface area (Å²) in [4.78, 5) is 7.64. The van der Waals surface area contributed by atoms with E-state index in [1.807, 2.05) is 54.6 Å². The predicted molar refractivity (Wildman–Crippen MR) is 88.7 cm³/mol. The second-order valence-electron chi connectivity index (χ2n) is 4.29. The highest BCUT2D eigenvalue weighted by atomic mass is 127. The molecule has 3 nitrogen and oxygen atoms in total. The molecule has 96 valence electrons. The number of imidazole rings is 1. The summed E-state index contributed by atoms with van der Waals surface area (Å²) in [6.45, 7) is 0. The van der Waals surface area contributed by atoms with Gasteiger partial charge in [-0.1, -0.05) is 30.3 Å². The maximum Gasteiger partial charge on any atom is 0.149 e. The summed E-state index contributed by atoms with van der Waals surface area (Å²) in [5.41, 5.74) is 3.35. The number of allylic oxidation sites excluding steroid dienone is 1. The molecular weight excluding hydrogens is 361 g/mol. The van der Waals surface area contributed by atoms with E-state index in [0.29, 0.717) is 11.4 Å². The van der Waals surface area contributed by atoms with Crippen molar-refractivity contribution in [2.24, 2.45) is 0 Å². The summed E-state index contributed by atoms with van der Waals surface area (Å²) in [5, 5.41) is 9.38. The molecule has 4 heteroatoms. The molecular formula is C16H10IN3. The Morgan fingerprint density at radius 1 is 1.15 bits per heavy atom. The number of hydrogen-bond acceptors (Lipinski definition) is 2. The normalized spacial score (nSPS) is 11.5. The molecule has 2 aromatic carbocycles. The Morgan fingerprint density at radius 2 is 1.90 bits per heavy atom. The van der Waals surface area contributed by atoms with Crippen LogP contribution in [-0.4, -0.2) is 9.97 Å². The first kappa shape index (κ1) is 12.9. The van der Waals surface area contributed by atoms with Crippen molar-refractivity contribution in [2.45, 2.75) is 0 Å². The van der Waals surface area contributed by atoms with Gasteiger partial charge in [-0.3, -0.25) is 0 Å². The fourth-order valence-corrected chi connectivity index (χ4v) is 2.52. The van der Waals surface area contributed by atoms with Gasteiger partial charge in [0.15, 0.2) is 0 Å². The van der Waals surface area contributed by atoms with E-state index in [-0.39, 0.29) is 0 Å². The molecule has 0 aliphatic rings. The first-order valence-corrected chi connectivity index (χ1v) is 7.17. The Hall–Kier alpha value is -2.13. The second-order valence-corrected chi connectivity index (χ2v) is 5.46. The van der Waals surface area contributed by atoms with E-state index >= 15 is 0 Å². The number of benzene rings is 2. The Morgan fingerprint density at radius 3 is 2.65 bits per heavy atom. The smallest absolute Gasteiger partial charge is 0.149 e. The topological polar surface area (TPSA) is 52.5 Å². The van der Waals surface area contributed by atoms with E-state index in [2.05, 4.69) is 38.6 Å². The molecule has 0 atom stereocenters. The molecule has 0 bridgehead atoms. The summed E-state index contributed by atoms with van der Waals surface area (Å²) in [6, 6.07) is 17.9. The molecule has 1 aromatic heterocycles. The van der Waals surface area contributed by atoms with Gasteiger partial charge in [0.1, 0.15) is 11.9 Å². The lowest BCUT2D eigenvalue weighted by Gasteiger charge is -1.98. The first-order chi connectivity index (χ1) is 9.78. The molecule has 3 aromatic rings. The summed E-state index contributed by atoms with van der Waals surface area (Å²) < 4.78 is 1.11. The molecule has 0 fully saturated rings. The van der Waals surface area contributed by atoms with Gasteiger partial charge >= 0.3 is 0 Å². The van der Waals surface area contributed by atoms with Crippen molar-refractivity contribution >= 4 is 45.3 Å². The van der Waals surface area contributed by atoms with Gasteiger partial charge in [-0.25, -0.2) is 4.98 Å². The molecule has 0 unspecified atom stereocenters. The minimum absolute atomic E-state index is 0.533. The van der Waals surface area contributed by atoms with E-state index in [1.54, 1.807) is 0 Å². The van der Waals surface area contributed by atoms with Crippen molar-refractivity contribution in [1.29, 1.82) is 5.26 Å². The fourth-order valence-electron chi connectivity index (χ4n) is 1.98. The van der Waals surface area contributed by atoms with Crippen LogP contribution in [0.4, 0.5) is 0 Å². The van der Waals surface area contributed by atoms with Gasteiger partial charge in [0, 0.05) is 3.57 Å². The van der Waals surface area contributed by atoms with Gasteiger partial charge in [-0.2, -0.15) is 5.26 Å². The molecule has 0 saturated carbocycles. The molecule has 1 N–H and O–H groups in total. The van der Waals surface area contributed by atoms with Gasteiger partial charge in [-0.15, -0.1) is 0 Å². The number of nitrogens with one attached hydrogen (secondary N) is 1. The van der Waals surface area contributed by atoms with E-state index in [9.17, 15) is 5.26 Å². The molecule has 0 aliphatic carbocycles. The van der Waals surface area contributed by atoms with Crippen LogP contribution in [0, 0.1) is 14.9 Å². The van der Waals surface area contributed by atoms with Gasteiger partial charge in [0.05, 0.1) is 16.6 Å². The molecule has 0 amide bonds. The first-order valence-electron chi connectivity index (χ1n) is 6.09. The maximum absolute atomic E-state index is 9.38. The monoisotopic (exact) mass is 371 g/mol. The number of para-hydroxylation sites is 2. The number of rotatable bonds is 2. The average molecular weight is 371 g/mol. The van der Waals surface area contributed by atoms with E-state index in [4.69, 9.17) is 0 Å². The number of nitriles is 1. The van der Waals surface area contributed by atoms with Gasteiger partial charge in [-0.05, 0) is 52.4 Å². The van der Waals surface area contributed by atoms with Crippen LogP contribution in [0.15, 0.2) is 48.5 Å². The Kier molecular flexibility index (Phi) is 3.52. The number of halogens is 1. The highest BCUT2D eigenvalue weighted by molar-refractivity contribution is 14.1. The molecule has 20 heavy (non-hydrogen) atoms. The maximum atomic E-state index is 9.38. The Bertz CT molecular complexity index is 807. The van der Waals surface area contributed by atoms with Crippen molar-refractivity contribution in [1.82, 2.24) is 9.97 Å². The molecule has 0 spiro atoms. The van der Waals surface area contributed by atoms with E-state index in [0.717, 1.165) is 20.2 Å². The summed E-state index contributed by atoms with van der Waals surface area (Å²) >= 11 is 2.26. The van der Waals surface area contributed by atoms with Crippen molar-refractivity contribution in [2.75, 3.05) is 0 Å². The number of aromatic amines is 1. The van der Waals surface area contributed by atoms with Crippen LogP contribution < -0.4 is 0 Å². The third-order valence-corrected chi connectivity index (χ3v) is 3.95. The molecule has 0 radical (unpaired) electrons. The Balaban J connectivity index is 2.10. The zero-order valence-electron chi connectivity index (χ0n) is 10.5. The third-order valence-electron chi connectivity index (χ3n) is 2.97. The molecule has 1 heterocycles. The van der Waals surface area contributed by atoms with Gasteiger partial charge in [0.25, 0.3) is 0 Å². The van der Waals surface area contributed by atoms with Crippen molar-refractivity contribution in [3.8, 4) is 6.07 Å². The highest BCUT2D eigenvalue weighted by Crippen LogP contribution is 2.21. The minimum atomic E-state index is 0.533. The third kappa shape index (κ3) is 2.45. The lowest BCUT2D eigenvalue weighted by atomic mass is 10.1. The van der Waals surface area contributed by atoms with Crippen LogP contribution in [-0.2, 0) is 0 Å². The van der Waals surface area contributed by atoms with Crippen LogP contribution >= 0.6 is 22.6 Å². The fraction of sp³-hybridized carbons (Fsp3) is 0. The van der Waals surface area contributed by atoms with Crippen LogP contribution in [0.25, 0.3) is 22.7 Å². The SMILES string of the molecule is N#C/C(=C\c1ccccc1I)c1nc2ccccc2[nH]1. The zero-order valence-corrected chi connectivity index (χ0v) is 12.6. The van der Waals surface area contributed by atoms with Crippen LogP contribution in [0.3, 0.4) is 0 Å². The number of H-pyrrole nitrogens is 1.